The lowest BCUT2D eigenvalue weighted by molar-refractivity contribution is -0.908. The van der Waals surface area contributed by atoms with E-state index in [-0.39, 0.29) is 5.57 Å². The van der Waals surface area contributed by atoms with Crippen molar-refractivity contribution in [3.05, 3.63) is 69.2 Å². The SMILES string of the molecule is COc1ccc(/C([O-])=C2\C(=O)C(=O)N(CCC[NH+]3CCOCC3)C2c2cccc(Br)c2)c(C)c1. The summed E-state index contributed by atoms with van der Waals surface area (Å²) < 4.78 is 11.5. The summed E-state index contributed by atoms with van der Waals surface area (Å²) in [6.07, 6.45) is 0.738. The number of hydrogen-bond acceptors (Lipinski definition) is 5. The van der Waals surface area contributed by atoms with Crippen LogP contribution in [0.25, 0.3) is 5.76 Å². The minimum atomic E-state index is -0.719. The van der Waals surface area contributed by atoms with Crippen molar-refractivity contribution in [2.45, 2.75) is 19.4 Å². The van der Waals surface area contributed by atoms with Crippen molar-refractivity contribution in [3.63, 3.8) is 0 Å². The number of nitrogens with zero attached hydrogens (tertiary/aromatic N) is 1. The molecule has 2 saturated heterocycles. The average molecular weight is 529 g/mol. The first-order valence-corrected chi connectivity index (χ1v) is 12.3. The van der Waals surface area contributed by atoms with Crippen LogP contribution in [-0.2, 0) is 14.3 Å². The molecule has 2 aromatic carbocycles. The number of ketones is 1. The van der Waals surface area contributed by atoms with Gasteiger partial charge in [-0.15, -0.1) is 0 Å². The highest BCUT2D eigenvalue weighted by atomic mass is 79.9. The van der Waals surface area contributed by atoms with Crippen molar-refractivity contribution < 1.29 is 29.1 Å². The maximum absolute atomic E-state index is 13.7. The molecule has 180 valence electrons. The Kier molecular flexibility index (Phi) is 7.70. The zero-order valence-electron chi connectivity index (χ0n) is 19.4. The molecule has 2 aliphatic heterocycles. The van der Waals surface area contributed by atoms with E-state index in [1.54, 1.807) is 37.1 Å². The first-order valence-electron chi connectivity index (χ1n) is 11.5. The number of morpholine rings is 1. The van der Waals surface area contributed by atoms with Gasteiger partial charge in [-0.05, 0) is 47.9 Å². The lowest BCUT2D eigenvalue weighted by atomic mass is 9.94. The second-order valence-electron chi connectivity index (χ2n) is 8.67. The third-order valence-electron chi connectivity index (χ3n) is 6.50. The van der Waals surface area contributed by atoms with Gasteiger partial charge in [-0.2, -0.15) is 0 Å². The minimum Gasteiger partial charge on any atom is -0.872 e. The van der Waals surface area contributed by atoms with Crippen molar-refractivity contribution >= 4 is 33.4 Å². The molecule has 34 heavy (non-hydrogen) atoms. The van der Waals surface area contributed by atoms with Crippen molar-refractivity contribution in [1.82, 2.24) is 4.90 Å². The van der Waals surface area contributed by atoms with Gasteiger partial charge in [0.2, 0.25) is 5.78 Å². The molecule has 1 amide bonds. The Bertz CT molecular complexity index is 1110. The van der Waals surface area contributed by atoms with Crippen LogP contribution in [0.15, 0.2) is 52.5 Å². The Labute approximate surface area is 208 Å². The second-order valence-corrected chi connectivity index (χ2v) is 9.59. The Morgan fingerprint density at radius 2 is 1.97 bits per heavy atom. The topological polar surface area (TPSA) is 83.3 Å². The summed E-state index contributed by atoms with van der Waals surface area (Å²) >= 11 is 3.48. The van der Waals surface area contributed by atoms with E-state index in [9.17, 15) is 14.7 Å². The Hall–Kier alpha value is -2.68. The summed E-state index contributed by atoms with van der Waals surface area (Å²) in [5.41, 5.74) is 1.84. The largest absolute Gasteiger partial charge is 0.872 e. The van der Waals surface area contributed by atoms with Crippen molar-refractivity contribution in [1.29, 1.82) is 0 Å². The van der Waals surface area contributed by atoms with Gasteiger partial charge in [0.25, 0.3) is 5.91 Å². The Balaban J connectivity index is 1.70. The predicted octanol–water partition coefficient (Wildman–Crippen LogP) is 1.30. The Morgan fingerprint density at radius 3 is 2.65 bits per heavy atom. The van der Waals surface area contributed by atoms with Crippen molar-refractivity contribution in [2.24, 2.45) is 0 Å². The molecule has 2 heterocycles. The third kappa shape index (κ3) is 5.04. The molecule has 4 rings (SSSR count). The summed E-state index contributed by atoms with van der Waals surface area (Å²) in [5, 5.41) is 13.7. The van der Waals surface area contributed by atoms with Gasteiger partial charge < -0.3 is 24.4 Å². The number of rotatable bonds is 7. The minimum absolute atomic E-state index is 0.00934. The fraction of sp³-hybridized carbons (Fsp3) is 0.385. The van der Waals surface area contributed by atoms with Crippen LogP contribution >= 0.6 is 15.9 Å². The van der Waals surface area contributed by atoms with Crippen LogP contribution < -0.4 is 14.7 Å². The molecule has 2 aromatic rings. The van der Waals surface area contributed by atoms with E-state index in [0.29, 0.717) is 23.4 Å². The molecule has 2 fully saturated rings. The van der Waals surface area contributed by atoms with Crippen LogP contribution in [0.1, 0.15) is 29.2 Å². The molecule has 2 aliphatic rings. The molecule has 7 nitrogen and oxygen atoms in total. The molecule has 0 aromatic heterocycles. The summed E-state index contributed by atoms with van der Waals surface area (Å²) in [6, 6.07) is 11.8. The average Bonchev–Trinajstić information content (AvgIpc) is 3.09. The fourth-order valence-electron chi connectivity index (χ4n) is 4.70. The third-order valence-corrected chi connectivity index (χ3v) is 6.99. The van der Waals surface area contributed by atoms with E-state index in [2.05, 4.69) is 15.9 Å². The zero-order valence-corrected chi connectivity index (χ0v) is 21.0. The van der Waals surface area contributed by atoms with Crippen LogP contribution in [0.4, 0.5) is 0 Å². The molecule has 1 atom stereocenters. The second kappa shape index (κ2) is 10.7. The first-order chi connectivity index (χ1) is 16.4. The number of nitrogens with one attached hydrogen (secondary N) is 1. The number of halogens is 1. The van der Waals surface area contributed by atoms with Gasteiger partial charge in [-0.25, -0.2) is 0 Å². The molecule has 0 bridgehead atoms. The van der Waals surface area contributed by atoms with E-state index in [1.165, 1.54) is 4.90 Å². The number of quaternary nitrogens is 1. The van der Waals surface area contributed by atoms with Gasteiger partial charge in [0.15, 0.2) is 0 Å². The number of methoxy groups -OCH3 is 1. The van der Waals surface area contributed by atoms with Crippen LogP contribution in [0, 0.1) is 6.92 Å². The first kappa shape index (κ1) is 24.4. The molecular formula is C26H29BrN2O5. The van der Waals surface area contributed by atoms with Gasteiger partial charge in [-0.1, -0.05) is 39.9 Å². The monoisotopic (exact) mass is 528 g/mol. The smallest absolute Gasteiger partial charge is 0.295 e. The molecule has 0 saturated carbocycles. The number of carbonyl (C=O) groups excluding carboxylic acids is 2. The number of Topliss-reactive ketones (excluding diaryl/α,β-unsaturated/α-hetero) is 1. The highest BCUT2D eigenvalue weighted by Crippen LogP contribution is 2.40. The normalized spacial score (nSPS) is 20.7. The van der Waals surface area contributed by atoms with Crippen LogP contribution in [0.5, 0.6) is 5.75 Å². The van der Waals surface area contributed by atoms with Gasteiger partial charge in [0.1, 0.15) is 18.8 Å². The Morgan fingerprint density at radius 1 is 1.21 bits per heavy atom. The number of amides is 1. The number of ether oxygens (including phenoxy) is 2. The van der Waals surface area contributed by atoms with Gasteiger partial charge in [0, 0.05) is 23.0 Å². The number of benzene rings is 2. The van der Waals surface area contributed by atoms with E-state index >= 15 is 0 Å². The summed E-state index contributed by atoms with van der Waals surface area (Å²) in [7, 11) is 1.56. The maximum atomic E-state index is 13.7. The van der Waals surface area contributed by atoms with Crippen LogP contribution in [0.3, 0.4) is 0 Å². The van der Waals surface area contributed by atoms with E-state index < -0.39 is 23.5 Å². The van der Waals surface area contributed by atoms with E-state index in [4.69, 9.17) is 9.47 Å². The van der Waals surface area contributed by atoms with Crippen LogP contribution in [-0.4, -0.2) is 63.1 Å². The van der Waals surface area contributed by atoms with Crippen molar-refractivity contribution in [2.75, 3.05) is 46.5 Å². The summed E-state index contributed by atoms with van der Waals surface area (Å²) in [6.45, 7) is 6.45. The molecular weight excluding hydrogens is 500 g/mol. The highest BCUT2D eigenvalue weighted by Gasteiger charge is 2.44. The van der Waals surface area contributed by atoms with Crippen molar-refractivity contribution in [3.8, 4) is 5.75 Å². The van der Waals surface area contributed by atoms with E-state index in [0.717, 1.165) is 49.3 Å². The highest BCUT2D eigenvalue weighted by molar-refractivity contribution is 9.10. The van der Waals surface area contributed by atoms with Gasteiger partial charge in [0.05, 0.1) is 32.9 Å². The fourth-order valence-corrected chi connectivity index (χ4v) is 5.11. The summed E-state index contributed by atoms with van der Waals surface area (Å²) in [4.78, 5) is 29.3. The number of aryl methyl sites for hydroxylation is 1. The molecule has 8 heteroatoms. The van der Waals surface area contributed by atoms with Gasteiger partial charge >= 0.3 is 0 Å². The molecule has 0 aliphatic carbocycles. The predicted molar refractivity (Wildman–Crippen MR) is 129 cm³/mol. The zero-order chi connectivity index (χ0) is 24.2. The lowest BCUT2D eigenvalue weighted by Gasteiger charge is -2.29. The number of hydrogen-bond donors (Lipinski definition) is 1. The quantitative estimate of drug-likeness (QED) is 0.332. The lowest BCUT2D eigenvalue weighted by Crippen LogP contribution is -3.14. The standard InChI is InChI=1S/C26H29BrN2O5/c1-17-15-20(33-2)7-8-21(17)24(30)22-23(18-5-3-6-19(27)16-18)29(26(32)25(22)31)10-4-9-28-11-13-34-14-12-28/h3,5-8,15-16,23,30H,4,9-14H2,1-2H3/b24-22+. The number of likely N-dealkylation sites (tertiary alicyclic amines) is 1. The molecule has 1 unspecified atom stereocenters. The molecule has 0 radical (unpaired) electrons. The molecule has 0 spiro atoms. The van der Waals surface area contributed by atoms with Gasteiger partial charge in [-0.3, -0.25) is 9.59 Å². The number of carbonyl (C=O) groups is 2. The maximum Gasteiger partial charge on any atom is 0.295 e. The van der Waals surface area contributed by atoms with Crippen LogP contribution in [0.2, 0.25) is 0 Å². The van der Waals surface area contributed by atoms with E-state index in [1.807, 2.05) is 24.3 Å². The molecule has 1 N–H and O–H groups in total. The summed E-state index contributed by atoms with van der Waals surface area (Å²) in [5.74, 6) is -1.12.